The van der Waals surface area contributed by atoms with Gasteiger partial charge in [0.1, 0.15) is 5.82 Å². The van der Waals surface area contributed by atoms with Gasteiger partial charge < -0.3 is 4.98 Å². The van der Waals surface area contributed by atoms with Gasteiger partial charge in [-0.3, -0.25) is 0 Å². The summed E-state index contributed by atoms with van der Waals surface area (Å²) in [4.78, 5) is 35.6. The molecule has 0 bridgehead atoms. The number of H-pyrrole nitrogens is 1. The van der Waals surface area contributed by atoms with Gasteiger partial charge in [-0.1, -0.05) is 41.0 Å². The molecule has 1 saturated carbocycles. The van der Waals surface area contributed by atoms with Gasteiger partial charge in [0.25, 0.3) is 0 Å². The molecule has 0 saturated heterocycles. The first-order valence-corrected chi connectivity index (χ1v) is 9.91. The zero-order valence-corrected chi connectivity index (χ0v) is 17.5. The molecule has 1 aromatic rings. The lowest BCUT2D eigenvalue weighted by Gasteiger charge is -2.44. The van der Waals surface area contributed by atoms with Gasteiger partial charge in [0, 0.05) is 18.3 Å². The normalized spacial score (nSPS) is 23.4. The van der Waals surface area contributed by atoms with Gasteiger partial charge in [-0.05, 0) is 42.9 Å². The Morgan fingerprint density at radius 1 is 1.15 bits per heavy atom. The Bertz CT molecular complexity index is 649. The summed E-state index contributed by atoms with van der Waals surface area (Å²) < 4.78 is 0. The summed E-state index contributed by atoms with van der Waals surface area (Å²) in [5.41, 5.74) is 1.33. The van der Waals surface area contributed by atoms with E-state index >= 15 is 0 Å². The molecule has 27 heavy (non-hydrogen) atoms. The topological polar surface area (TPSA) is 87.5 Å². The van der Waals surface area contributed by atoms with E-state index in [1.54, 1.807) is 12.2 Å². The van der Waals surface area contributed by atoms with Gasteiger partial charge >= 0.3 is 0 Å². The maximum Gasteiger partial charge on any atom is 0.235 e. The van der Waals surface area contributed by atoms with Crippen molar-refractivity contribution in [3.63, 3.8) is 0 Å². The summed E-state index contributed by atoms with van der Waals surface area (Å²) in [6.45, 7) is 11.2. The molecule has 0 aliphatic heterocycles. The monoisotopic (exact) mass is 374 g/mol. The van der Waals surface area contributed by atoms with Crippen LogP contribution in [0.15, 0.2) is 16.2 Å². The standard InChI is InChI=1S/C12H18N2O2.C9H16N2/c1-11(2)4-10(14-9-16)5-12(3,6-11)7-13-8-15;1-3-5-8-7-10-9(11-8)6-4-2/h10H,4-7H2,1-3H3;7H,3-6H2,1-2H3,(H,10,11). The number of nitrogens with one attached hydrogen (secondary N) is 1. The van der Waals surface area contributed by atoms with E-state index in [9.17, 15) is 9.59 Å². The Morgan fingerprint density at radius 3 is 2.44 bits per heavy atom. The summed E-state index contributed by atoms with van der Waals surface area (Å²) in [6, 6.07) is 0.00750. The molecular weight excluding hydrogens is 340 g/mol. The van der Waals surface area contributed by atoms with Crippen LogP contribution in [0.2, 0.25) is 0 Å². The van der Waals surface area contributed by atoms with Crippen LogP contribution in [0.5, 0.6) is 0 Å². The number of nitrogens with zero attached hydrogens (tertiary/aromatic N) is 3. The van der Waals surface area contributed by atoms with Gasteiger partial charge in [0.05, 0.1) is 12.6 Å². The fraction of sp³-hybridized carbons (Fsp3) is 0.762. The Hall–Kier alpha value is -2.03. The van der Waals surface area contributed by atoms with E-state index in [-0.39, 0.29) is 16.9 Å². The minimum absolute atomic E-state index is 0.00750. The SMILES string of the molecule is CC1(C)CC(N=C=O)CC(C)(CN=C=O)C1.CCCc1cnc(CCC)[nH]1. The van der Waals surface area contributed by atoms with Crippen LogP contribution in [-0.4, -0.2) is 34.7 Å². The maximum absolute atomic E-state index is 10.3. The lowest BCUT2D eigenvalue weighted by atomic mass is 9.63. The van der Waals surface area contributed by atoms with E-state index in [0.717, 1.165) is 37.9 Å². The van der Waals surface area contributed by atoms with E-state index in [1.165, 1.54) is 18.5 Å². The van der Waals surface area contributed by atoms with Gasteiger partial charge in [0.15, 0.2) is 0 Å². The fourth-order valence-electron chi connectivity index (χ4n) is 4.25. The van der Waals surface area contributed by atoms with Gasteiger partial charge in [-0.15, -0.1) is 0 Å². The lowest BCUT2D eigenvalue weighted by molar-refractivity contribution is 0.0915. The van der Waals surface area contributed by atoms with Gasteiger partial charge in [-0.2, -0.15) is 0 Å². The van der Waals surface area contributed by atoms with Crippen LogP contribution >= 0.6 is 0 Å². The summed E-state index contributed by atoms with van der Waals surface area (Å²) in [7, 11) is 0. The number of hydrogen-bond acceptors (Lipinski definition) is 5. The van der Waals surface area contributed by atoms with Crippen molar-refractivity contribution in [1.29, 1.82) is 0 Å². The molecule has 0 amide bonds. The number of imidazole rings is 1. The van der Waals surface area contributed by atoms with Crippen molar-refractivity contribution in [3.05, 3.63) is 17.7 Å². The van der Waals surface area contributed by atoms with Crippen LogP contribution in [0.3, 0.4) is 0 Å². The maximum atomic E-state index is 10.3. The molecule has 1 aliphatic carbocycles. The second-order valence-corrected chi connectivity index (χ2v) is 8.70. The Morgan fingerprint density at radius 2 is 1.85 bits per heavy atom. The number of aromatic nitrogens is 2. The third-order valence-electron chi connectivity index (χ3n) is 4.87. The molecule has 2 unspecified atom stereocenters. The van der Waals surface area contributed by atoms with Crippen LogP contribution in [0.4, 0.5) is 0 Å². The number of isocyanates is 2. The number of rotatable bonds is 7. The largest absolute Gasteiger partial charge is 0.346 e. The zero-order valence-electron chi connectivity index (χ0n) is 17.5. The lowest BCUT2D eigenvalue weighted by Crippen LogP contribution is -2.39. The van der Waals surface area contributed by atoms with Gasteiger partial charge in [0.2, 0.25) is 12.2 Å². The van der Waals surface area contributed by atoms with Crippen molar-refractivity contribution in [1.82, 2.24) is 9.97 Å². The van der Waals surface area contributed by atoms with Crippen LogP contribution in [0, 0.1) is 10.8 Å². The summed E-state index contributed by atoms with van der Waals surface area (Å²) >= 11 is 0. The quantitative estimate of drug-likeness (QED) is 0.560. The predicted octanol–water partition coefficient (Wildman–Crippen LogP) is 4.56. The third-order valence-corrected chi connectivity index (χ3v) is 4.87. The zero-order chi connectivity index (χ0) is 20.3. The number of aliphatic imine (C=N–C) groups is 2. The molecule has 1 heterocycles. The molecular formula is C21H34N4O2. The molecule has 1 fully saturated rings. The molecule has 0 spiro atoms. The number of aromatic amines is 1. The molecule has 1 aromatic heterocycles. The van der Waals surface area contributed by atoms with E-state index in [4.69, 9.17) is 0 Å². The molecule has 2 atom stereocenters. The Balaban J connectivity index is 0.000000289. The molecule has 150 valence electrons. The summed E-state index contributed by atoms with van der Waals surface area (Å²) in [5, 5.41) is 0. The molecule has 1 aliphatic rings. The third kappa shape index (κ3) is 8.47. The Labute approximate surface area is 163 Å². The molecule has 6 heteroatoms. The van der Waals surface area contributed by atoms with E-state index in [0.29, 0.717) is 6.54 Å². The van der Waals surface area contributed by atoms with Crippen molar-refractivity contribution in [3.8, 4) is 0 Å². The van der Waals surface area contributed by atoms with Crippen molar-refractivity contribution >= 4 is 12.2 Å². The average Bonchev–Trinajstić information content (AvgIpc) is 3.00. The number of hydrogen-bond donors (Lipinski definition) is 1. The fourth-order valence-corrected chi connectivity index (χ4v) is 4.25. The van der Waals surface area contributed by atoms with E-state index in [1.807, 2.05) is 6.20 Å². The first-order chi connectivity index (χ1) is 12.8. The highest BCUT2D eigenvalue weighted by Gasteiger charge is 2.41. The second-order valence-electron chi connectivity index (χ2n) is 8.70. The van der Waals surface area contributed by atoms with Crippen LogP contribution in [-0.2, 0) is 22.4 Å². The van der Waals surface area contributed by atoms with Crippen molar-refractivity contribution in [2.24, 2.45) is 20.8 Å². The minimum Gasteiger partial charge on any atom is -0.346 e. The molecule has 6 nitrogen and oxygen atoms in total. The van der Waals surface area contributed by atoms with Crippen LogP contribution < -0.4 is 0 Å². The second kappa shape index (κ2) is 11.0. The van der Waals surface area contributed by atoms with Crippen molar-refractivity contribution in [2.45, 2.75) is 85.6 Å². The minimum atomic E-state index is -0.0653. The van der Waals surface area contributed by atoms with Crippen LogP contribution in [0.25, 0.3) is 0 Å². The average molecular weight is 375 g/mol. The first kappa shape index (κ1) is 23.0. The highest BCUT2D eigenvalue weighted by atomic mass is 16.1. The number of aryl methyl sites for hydroxylation is 2. The predicted molar refractivity (Wildman–Crippen MR) is 107 cm³/mol. The van der Waals surface area contributed by atoms with Crippen molar-refractivity contribution in [2.75, 3.05) is 6.54 Å². The first-order valence-electron chi connectivity index (χ1n) is 9.91. The smallest absolute Gasteiger partial charge is 0.235 e. The van der Waals surface area contributed by atoms with E-state index < -0.39 is 0 Å². The van der Waals surface area contributed by atoms with Gasteiger partial charge in [-0.25, -0.2) is 24.6 Å². The Kier molecular flexibility index (Phi) is 9.34. The number of carbonyl (C=O) groups excluding carboxylic acids is 2. The molecule has 0 aromatic carbocycles. The highest BCUT2D eigenvalue weighted by molar-refractivity contribution is 5.34. The molecule has 2 rings (SSSR count). The summed E-state index contributed by atoms with van der Waals surface area (Å²) in [5.74, 6) is 1.14. The van der Waals surface area contributed by atoms with Crippen molar-refractivity contribution < 1.29 is 9.59 Å². The highest BCUT2D eigenvalue weighted by Crippen LogP contribution is 2.47. The molecule has 1 N–H and O–H groups in total. The van der Waals surface area contributed by atoms with E-state index in [2.05, 4.69) is 54.6 Å². The molecule has 0 radical (unpaired) electrons. The van der Waals surface area contributed by atoms with Crippen LogP contribution in [0.1, 0.15) is 78.2 Å². The summed E-state index contributed by atoms with van der Waals surface area (Å²) in [6.07, 6.45) is 12.4.